The molecular formula is C15H23IO2. The predicted octanol–water partition coefficient (Wildman–Crippen LogP) is 5.24. The van der Waals surface area contributed by atoms with E-state index in [9.17, 15) is 10.2 Å². The lowest BCUT2D eigenvalue weighted by Gasteiger charge is -2.13. The third-order valence-electron chi connectivity index (χ3n) is 3.24. The highest BCUT2D eigenvalue weighted by molar-refractivity contribution is 14.1. The van der Waals surface area contributed by atoms with Crippen molar-refractivity contribution in [1.29, 1.82) is 0 Å². The lowest BCUT2D eigenvalue weighted by Crippen LogP contribution is -1.92. The molecular weight excluding hydrogens is 339 g/mol. The number of unbranched alkanes of at least 4 members (excludes halogenated alkanes) is 4. The van der Waals surface area contributed by atoms with Crippen molar-refractivity contribution in [2.75, 3.05) is 0 Å². The van der Waals surface area contributed by atoms with Crippen LogP contribution in [0.15, 0.2) is 12.1 Å². The van der Waals surface area contributed by atoms with Crippen molar-refractivity contribution in [2.24, 2.45) is 0 Å². The van der Waals surface area contributed by atoms with Crippen molar-refractivity contribution in [3.05, 3.63) is 23.3 Å². The van der Waals surface area contributed by atoms with Gasteiger partial charge in [-0.25, -0.2) is 0 Å². The Morgan fingerprint density at radius 1 is 1.06 bits per heavy atom. The number of aromatic hydroxyl groups is 2. The molecule has 0 aliphatic carbocycles. The van der Waals surface area contributed by atoms with E-state index in [0.29, 0.717) is 5.75 Å². The Balaban J connectivity index is 2.51. The zero-order chi connectivity index (χ0) is 13.5. The van der Waals surface area contributed by atoms with Gasteiger partial charge in [0.05, 0.1) is 0 Å². The van der Waals surface area contributed by atoms with Crippen LogP contribution in [0.3, 0.4) is 0 Å². The van der Waals surface area contributed by atoms with E-state index in [2.05, 4.69) is 29.5 Å². The second-order valence-electron chi connectivity index (χ2n) is 4.87. The Bertz CT molecular complexity index is 377. The molecule has 0 fully saturated rings. The van der Waals surface area contributed by atoms with Crippen LogP contribution in [0.1, 0.15) is 60.5 Å². The summed E-state index contributed by atoms with van der Waals surface area (Å²) in [5.74, 6) is 0.578. The second-order valence-corrected chi connectivity index (χ2v) is 6.37. The maximum absolute atomic E-state index is 9.91. The number of rotatable bonds is 7. The van der Waals surface area contributed by atoms with E-state index in [4.69, 9.17) is 0 Å². The summed E-state index contributed by atoms with van der Waals surface area (Å²) in [7, 11) is 0. The number of hydrogen-bond donors (Lipinski definition) is 2. The van der Waals surface area contributed by atoms with E-state index >= 15 is 0 Å². The van der Waals surface area contributed by atoms with E-state index in [1.165, 1.54) is 32.1 Å². The Morgan fingerprint density at radius 3 is 2.39 bits per heavy atom. The molecule has 1 atom stereocenters. The van der Waals surface area contributed by atoms with Gasteiger partial charge in [-0.05, 0) is 31.0 Å². The maximum atomic E-state index is 9.91. The lowest BCUT2D eigenvalue weighted by molar-refractivity contribution is 0.449. The third kappa shape index (κ3) is 4.67. The Morgan fingerprint density at radius 2 is 1.72 bits per heavy atom. The summed E-state index contributed by atoms with van der Waals surface area (Å²) < 4.78 is 0.274. The molecule has 18 heavy (non-hydrogen) atoms. The first-order chi connectivity index (χ1) is 8.56. The van der Waals surface area contributed by atoms with Crippen LogP contribution in [0, 0.1) is 6.92 Å². The van der Waals surface area contributed by atoms with Crippen molar-refractivity contribution >= 4 is 22.6 Å². The molecule has 0 aliphatic heterocycles. The van der Waals surface area contributed by atoms with E-state index in [1.54, 1.807) is 19.1 Å². The highest BCUT2D eigenvalue weighted by Gasteiger charge is 2.14. The molecule has 3 heteroatoms. The normalized spacial score (nSPS) is 12.6. The fourth-order valence-corrected chi connectivity index (χ4v) is 2.97. The Hall–Kier alpha value is -0.450. The molecule has 0 radical (unpaired) electrons. The van der Waals surface area contributed by atoms with Crippen molar-refractivity contribution in [1.82, 2.24) is 0 Å². The van der Waals surface area contributed by atoms with Gasteiger partial charge < -0.3 is 10.2 Å². The smallest absolute Gasteiger partial charge is 0.120 e. The topological polar surface area (TPSA) is 40.5 Å². The number of hydrogen-bond acceptors (Lipinski definition) is 2. The average molecular weight is 362 g/mol. The predicted molar refractivity (Wildman–Crippen MR) is 84.6 cm³/mol. The van der Waals surface area contributed by atoms with Gasteiger partial charge in [0, 0.05) is 9.49 Å². The van der Waals surface area contributed by atoms with Gasteiger partial charge in [0.1, 0.15) is 11.5 Å². The van der Waals surface area contributed by atoms with E-state index in [1.807, 2.05) is 0 Å². The molecule has 0 aromatic heterocycles. The molecule has 0 spiro atoms. The molecule has 1 aromatic rings. The number of halogens is 1. The van der Waals surface area contributed by atoms with Gasteiger partial charge in [-0.15, -0.1) is 0 Å². The summed E-state index contributed by atoms with van der Waals surface area (Å²) >= 11 is 2.35. The summed E-state index contributed by atoms with van der Waals surface area (Å²) in [6.07, 6.45) is 7.36. The first kappa shape index (κ1) is 15.6. The third-order valence-corrected chi connectivity index (χ3v) is 4.54. The molecule has 0 amide bonds. The molecule has 102 valence electrons. The van der Waals surface area contributed by atoms with E-state index < -0.39 is 0 Å². The molecule has 0 saturated carbocycles. The van der Waals surface area contributed by atoms with E-state index in [-0.39, 0.29) is 9.67 Å². The highest BCUT2D eigenvalue weighted by atomic mass is 127. The van der Waals surface area contributed by atoms with Crippen LogP contribution >= 0.6 is 22.6 Å². The molecule has 0 heterocycles. The molecule has 1 unspecified atom stereocenters. The molecule has 1 aromatic carbocycles. The molecule has 2 N–H and O–H groups in total. The number of phenols is 2. The minimum atomic E-state index is 0.274. The first-order valence-corrected chi connectivity index (χ1v) is 7.97. The monoisotopic (exact) mass is 362 g/mol. The van der Waals surface area contributed by atoms with Gasteiger partial charge in [-0.2, -0.15) is 0 Å². The second kappa shape index (κ2) is 7.87. The van der Waals surface area contributed by atoms with Crippen molar-refractivity contribution in [3.63, 3.8) is 0 Å². The number of alkyl halides is 1. The fraction of sp³-hybridized carbons (Fsp3) is 0.600. The van der Waals surface area contributed by atoms with Gasteiger partial charge in [0.15, 0.2) is 0 Å². The summed E-state index contributed by atoms with van der Waals surface area (Å²) in [5, 5.41) is 19.6. The van der Waals surface area contributed by atoms with Gasteiger partial charge in [0.25, 0.3) is 0 Å². The fourth-order valence-electron chi connectivity index (χ4n) is 2.03. The number of benzene rings is 1. The Kier molecular flexibility index (Phi) is 6.82. The minimum Gasteiger partial charge on any atom is -0.508 e. The van der Waals surface area contributed by atoms with Gasteiger partial charge in [-0.1, -0.05) is 61.6 Å². The van der Waals surface area contributed by atoms with Crippen molar-refractivity contribution in [3.8, 4) is 11.5 Å². The van der Waals surface area contributed by atoms with Gasteiger partial charge in [0.2, 0.25) is 0 Å². The maximum Gasteiger partial charge on any atom is 0.120 e. The quantitative estimate of drug-likeness (QED) is 0.301. The minimum absolute atomic E-state index is 0.274. The highest BCUT2D eigenvalue weighted by Crippen LogP contribution is 2.38. The largest absolute Gasteiger partial charge is 0.508 e. The van der Waals surface area contributed by atoms with Crippen LogP contribution in [0.2, 0.25) is 0 Å². The van der Waals surface area contributed by atoms with Crippen LogP contribution in [-0.4, -0.2) is 10.2 Å². The van der Waals surface area contributed by atoms with Gasteiger partial charge in [-0.3, -0.25) is 0 Å². The van der Waals surface area contributed by atoms with Crippen LogP contribution in [-0.2, 0) is 0 Å². The number of aryl methyl sites for hydroxylation is 1. The van der Waals surface area contributed by atoms with Crippen molar-refractivity contribution in [2.45, 2.75) is 56.3 Å². The average Bonchev–Trinajstić information content (AvgIpc) is 2.33. The SMILES string of the molecule is CCCCCCCC(I)c1cc(O)c(C)cc1O. The first-order valence-electron chi connectivity index (χ1n) is 6.72. The van der Waals surface area contributed by atoms with Crippen LogP contribution in [0.25, 0.3) is 0 Å². The molecule has 1 rings (SSSR count). The summed E-state index contributed by atoms with van der Waals surface area (Å²) in [5.41, 5.74) is 1.58. The van der Waals surface area contributed by atoms with Gasteiger partial charge >= 0.3 is 0 Å². The van der Waals surface area contributed by atoms with Crippen LogP contribution in [0.4, 0.5) is 0 Å². The number of phenolic OH excluding ortho intramolecular Hbond substituents is 2. The zero-order valence-corrected chi connectivity index (χ0v) is 13.4. The lowest BCUT2D eigenvalue weighted by atomic mass is 10.0. The molecule has 0 bridgehead atoms. The van der Waals surface area contributed by atoms with Crippen LogP contribution in [0.5, 0.6) is 11.5 Å². The molecule has 0 aliphatic rings. The summed E-state index contributed by atoms with van der Waals surface area (Å²) in [6, 6.07) is 3.35. The Labute approximate surface area is 124 Å². The molecule has 0 saturated heterocycles. The zero-order valence-electron chi connectivity index (χ0n) is 11.2. The summed E-state index contributed by atoms with van der Waals surface area (Å²) in [4.78, 5) is 0. The van der Waals surface area contributed by atoms with Crippen LogP contribution < -0.4 is 0 Å². The summed E-state index contributed by atoms with van der Waals surface area (Å²) in [6.45, 7) is 4.01. The molecule has 2 nitrogen and oxygen atoms in total. The van der Waals surface area contributed by atoms with Crippen molar-refractivity contribution < 1.29 is 10.2 Å². The standard InChI is InChI=1S/C15H23IO2/c1-3-4-5-6-7-8-13(16)12-10-14(17)11(2)9-15(12)18/h9-10,13,17-18H,3-8H2,1-2H3. The van der Waals surface area contributed by atoms with E-state index in [0.717, 1.165) is 17.5 Å².